The van der Waals surface area contributed by atoms with Crippen molar-refractivity contribution in [3.05, 3.63) is 12.4 Å². The summed E-state index contributed by atoms with van der Waals surface area (Å²) in [5.74, 6) is 0. The minimum Gasteiger partial charge on any atom is -0.796 e. The summed E-state index contributed by atoms with van der Waals surface area (Å²) < 4.78 is 3.82. The molecule has 0 aromatic rings. The molecule has 0 amide bonds. The molecule has 0 saturated carbocycles. The summed E-state index contributed by atoms with van der Waals surface area (Å²) >= 11 is 0. The van der Waals surface area contributed by atoms with Gasteiger partial charge in [0.25, 0.3) is 0 Å². The van der Waals surface area contributed by atoms with Crippen LogP contribution >= 0.6 is 8.45 Å². The quantitative estimate of drug-likeness (QED) is 0.580. The second-order valence-corrected chi connectivity index (χ2v) is 6.95. The van der Waals surface area contributed by atoms with Crippen LogP contribution in [0.5, 0.6) is 0 Å². The molecule has 0 spiro atoms. The van der Waals surface area contributed by atoms with Crippen LogP contribution in [0.4, 0.5) is 0 Å². The molecule has 1 rings (SSSR count). The monoisotopic (exact) mass is 215 g/mol. The summed E-state index contributed by atoms with van der Waals surface area (Å²) in [6.07, 6.45) is 3.84. The number of rotatable bonds is 0. The van der Waals surface area contributed by atoms with Gasteiger partial charge in [-0.05, 0) is 41.5 Å². The molecule has 0 fully saturated rings. The van der Waals surface area contributed by atoms with Gasteiger partial charge in [-0.1, -0.05) is 0 Å². The fourth-order valence-corrected chi connectivity index (χ4v) is 2.89. The van der Waals surface area contributed by atoms with Gasteiger partial charge >= 0.3 is 0 Å². The van der Waals surface area contributed by atoms with E-state index >= 15 is 0 Å². The van der Waals surface area contributed by atoms with Crippen molar-refractivity contribution in [1.82, 2.24) is 9.34 Å². The maximum Gasteiger partial charge on any atom is 0.0353 e. The molecule has 82 valence electrons. The van der Waals surface area contributed by atoms with Crippen molar-refractivity contribution in [3.8, 4) is 0 Å². The summed E-state index contributed by atoms with van der Waals surface area (Å²) in [5, 5.41) is 0. The van der Waals surface area contributed by atoms with E-state index in [1.165, 1.54) is 0 Å². The number of hydrogen-bond acceptors (Lipinski definition) is 3. The predicted octanol–water partition coefficient (Wildman–Crippen LogP) is 2.26. The molecule has 0 bridgehead atoms. The van der Waals surface area contributed by atoms with Crippen molar-refractivity contribution < 1.29 is 4.89 Å². The lowest BCUT2D eigenvalue weighted by atomic mass is 10.1. The largest absolute Gasteiger partial charge is 0.796 e. The minimum atomic E-state index is -1.46. The molecule has 0 atom stereocenters. The molecule has 0 unspecified atom stereocenters. The average Bonchev–Trinajstić information content (AvgIpc) is 2.26. The normalized spacial score (nSPS) is 19.6. The average molecular weight is 215 g/mol. The van der Waals surface area contributed by atoms with Crippen LogP contribution in [0.25, 0.3) is 0 Å². The van der Waals surface area contributed by atoms with Crippen LogP contribution in [0.15, 0.2) is 12.4 Å². The molecule has 1 aliphatic rings. The summed E-state index contributed by atoms with van der Waals surface area (Å²) in [6.45, 7) is 12.4. The van der Waals surface area contributed by atoms with Crippen LogP contribution in [0, 0.1) is 0 Å². The van der Waals surface area contributed by atoms with Gasteiger partial charge in [0.05, 0.1) is 0 Å². The molecule has 1 aliphatic heterocycles. The zero-order valence-electron chi connectivity index (χ0n) is 9.90. The predicted molar refractivity (Wildman–Crippen MR) is 59.2 cm³/mol. The molecule has 3 nitrogen and oxygen atoms in total. The van der Waals surface area contributed by atoms with Crippen molar-refractivity contribution in [3.63, 3.8) is 0 Å². The van der Waals surface area contributed by atoms with Gasteiger partial charge in [0, 0.05) is 31.9 Å². The molecule has 0 aliphatic carbocycles. The Labute approximate surface area is 88.3 Å². The van der Waals surface area contributed by atoms with Crippen molar-refractivity contribution in [2.45, 2.75) is 52.6 Å². The Morgan fingerprint density at radius 2 is 1.14 bits per heavy atom. The van der Waals surface area contributed by atoms with Crippen LogP contribution in [-0.2, 0) is 0 Å². The topological polar surface area (TPSA) is 29.5 Å². The van der Waals surface area contributed by atoms with Crippen LogP contribution in [0.1, 0.15) is 41.5 Å². The van der Waals surface area contributed by atoms with E-state index in [-0.39, 0.29) is 11.1 Å². The van der Waals surface area contributed by atoms with Crippen molar-refractivity contribution in [1.29, 1.82) is 0 Å². The van der Waals surface area contributed by atoms with E-state index in [0.29, 0.717) is 0 Å². The highest BCUT2D eigenvalue weighted by Gasteiger charge is 2.31. The molecule has 0 radical (unpaired) electrons. The number of nitrogens with zero attached hydrogens (tertiary/aromatic N) is 2. The Hall–Kier alpha value is -0.270. The Morgan fingerprint density at radius 1 is 0.857 bits per heavy atom. The SMILES string of the molecule is CC(C)(C)N1C=CN(C(C)(C)C)P1[O-]. The minimum absolute atomic E-state index is 0.0794. The zero-order valence-corrected chi connectivity index (χ0v) is 10.8. The second kappa shape index (κ2) is 3.39. The van der Waals surface area contributed by atoms with E-state index in [2.05, 4.69) is 41.5 Å². The Kier molecular flexibility index (Phi) is 2.86. The van der Waals surface area contributed by atoms with Gasteiger partial charge in [0.15, 0.2) is 0 Å². The maximum absolute atomic E-state index is 12.1. The first kappa shape index (κ1) is 11.8. The lowest BCUT2D eigenvalue weighted by Crippen LogP contribution is -2.41. The van der Waals surface area contributed by atoms with E-state index in [4.69, 9.17) is 0 Å². The first-order valence-corrected chi connectivity index (χ1v) is 6.04. The lowest BCUT2D eigenvalue weighted by Gasteiger charge is -2.48. The standard InChI is InChI=1S/C10H20N2OP/c1-9(2,3)11-7-8-12(14(11)13)10(4,5)6/h7-8H,1-6H3/q-1. The van der Waals surface area contributed by atoms with Gasteiger partial charge in [-0.25, -0.2) is 0 Å². The summed E-state index contributed by atoms with van der Waals surface area (Å²) in [7, 11) is -1.46. The van der Waals surface area contributed by atoms with Crippen LogP contribution in [0.2, 0.25) is 0 Å². The summed E-state index contributed by atoms with van der Waals surface area (Å²) in [5.41, 5.74) is -0.159. The fourth-order valence-electron chi connectivity index (χ4n) is 1.30. The Morgan fingerprint density at radius 3 is 1.29 bits per heavy atom. The molecule has 0 saturated heterocycles. The zero-order chi connectivity index (χ0) is 11.1. The third kappa shape index (κ3) is 2.21. The van der Waals surface area contributed by atoms with E-state index in [1.54, 1.807) is 0 Å². The molecular weight excluding hydrogens is 195 g/mol. The van der Waals surface area contributed by atoms with E-state index in [0.717, 1.165) is 0 Å². The lowest BCUT2D eigenvalue weighted by molar-refractivity contribution is -0.182. The van der Waals surface area contributed by atoms with Crippen LogP contribution in [-0.4, -0.2) is 20.4 Å². The Balaban J connectivity index is 2.81. The first-order valence-electron chi connectivity index (χ1n) is 4.88. The van der Waals surface area contributed by atoms with Gasteiger partial charge in [-0.15, -0.1) is 0 Å². The first-order chi connectivity index (χ1) is 6.14. The molecule has 4 heteroatoms. The van der Waals surface area contributed by atoms with E-state index < -0.39 is 8.45 Å². The van der Waals surface area contributed by atoms with Gasteiger partial charge in [0.1, 0.15) is 0 Å². The summed E-state index contributed by atoms with van der Waals surface area (Å²) in [4.78, 5) is 12.1. The van der Waals surface area contributed by atoms with E-state index in [9.17, 15) is 4.89 Å². The van der Waals surface area contributed by atoms with Crippen molar-refractivity contribution >= 4 is 8.45 Å². The molecular formula is C10H20N2OP-. The van der Waals surface area contributed by atoms with Gasteiger partial charge in [-0.2, -0.15) is 0 Å². The van der Waals surface area contributed by atoms with Crippen LogP contribution in [0.3, 0.4) is 0 Å². The number of hydrogen-bond donors (Lipinski definition) is 0. The summed E-state index contributed by atoms with van der Waals surface area (Å²) in [6, 6.07) is 0. The molecule has 14 heavy (non-hydrogen) atoms. The van der Waals surface area contributed by atoms with Gasteiger partial charge in [-0.3, -0.25) is 0 Å². The van der Waals surface area contributed by atoms with Crippen molar-refractivity contribution in [2.75, 3.05) is 0 Å². The molecule has 0 aromatic carbocycles. The second-order valence-electron chi connectivity index (χ2n) is 5.58. The van der Waals surface area contributed by atoms with Crippen molar-refractivity contribution in [2.24, 2.45) is 0 Å². The molecule has 1 heterocycles. The molecule has 0 N–H and O–H groups in total. The third-order valence-electron chi connectivity index (χ3n) is 2.09. The van der Waals surface area contributed by atoms with Crippen LogP contribution < -0.4 is 4.89 Å². The molecule has 0 aromatic heterocycles. The van der Waals surface area contributed by atoms with Gasteiger partial charge < -0.3 is 14.2 Å². The maximum atomic E-state index is 12.1. The van der Waals surface area contributed by atoms with E-state index in [1.807, 2.05) is 21.7 Å². The highest BCUT2D eigenvalue weighted by atomic mass is 31.2. The highest BCUT2D eigenvalue weighted by Crippen LogP contribution is 2.49. The Bertz CT molecular complexity index is 215. The fraction of sp³-hybridized carbons (Fsp3) is 0.800. The highest BCUT2D eigenvalue weighted by molar-refractivity contribution is 7.45. The smallest absolute Gasteiger partial charge is 0.0353 e. The third-order valence-corrected chi connectivity index (χ3v) is 4.30. The van der Waals surface area contributed by atoms with Gasteiger partial charge in [0.2, 0.25) is 0 Å².